The molecule has 0 atom stereocenters. The molecule has 0 radical (unpaired) electrons. The Hall–Kier alpha value is -2.41. The molecule has 0 spiro atoms. The van der Waals surface area contributed by atoms with Gasteiger partial charge in [-0.3, -0.25) is 4.79 Å². The van der Waals surface area contributed by atoms with Gasteiger partial charge in [-0.15, -0.1) is 0 Å². The quantitative estimate of drug-likeness (QED) is 0.694. The van der Waals surface area contributed by atoms with Crippen molar-refractivity contribution in [2.75, 3.05) is 0 Å². The van der Waals surface area contributed by atoms with Crippen molar-refractivity contribution in [3.05, 3.63) is 63.6 Å². The number of benzene rings is 1. The summed E-state index contributed by atoms with van der Waals surface area (Å²) in [6.07, 6.45) is 1.08. The molecule has 21 heavy (non-hydrogen) atoms. The van der Waals surface area contributed by atoms with E-state index in [1.165, 1.54) is 12.1 Å². The highest BCUT2D eigenvalue weighted by atomic mass is 35.5. The number of hydrogen-bond acceptors (Lipinski definition) is 3. The normalized spacial score (nSPS) is 11.0. The molecule has 0 aliphatic heterocycles. The van der Waals surface area contributed by atoms with Crippen LogP contribution < -0.4 is 5.56 Å². The van der Waals surface area contributed by atoms with Crippen LogP contribution in [0, 0.1) is 17.5 Å². The van der Waals surface area contributed by atoms with Crippen molar-refractivity contribution in [1.29, 1.82) is 0 Å². The molecule has 106 valence electrons. The summed E-state index contributed by atoms with van der Waals surface area (Å²) in [5.74, 6) is -3.48. The number of nitrogens with zero attached hydrogens (tertiary/aromatic N) is 3. The first-order valence-corrected chi connectivity index (χ1v) is 6.04. The Morgan fingerprint density at radius 2 is 1.71 bits per heavy atom. The van der Waals surface area contributed by atoms with E-state index in [1.54, 1.807) is 0 Å². The van der Waals surface area contributed by atoms with Gasteiger partial charge >= 0.3 is 0 Å². The van der Waals surface area contributed by atoms with Gasteiger partial charge in [-0.2, -0.15) is 10.1 Å². The number of aromatic nitrogens is 3. The Labute approximate surface area is 120 Å². The Kier molecular flexibility index (Phi) is 3.13. The molecule has 0 fully saturated rings. The second kappa shape index (κ2) is 4.85. The number of rotatable bonds is 1. The lowest BCUT2D eigenvalue weighted by atomic mass is 10.0. The second-order valence-electron chi connectivity index (χ2n) is 4.16. The molecule has 3 aromatic rings. The highest BCUT2D eigenvalue weighted by molar-refractivity contribution is 6.29. The van der Waals surface area contributed by atoms with Gasteiger partial charge in [0.05, 0.1) is 16.6 Å². The fourth-order valence-corrected chi connectivity index (χ4v) is 2.14. The van der Waals surface area contributed by atoms with Gasteiger partial charge in [-0.25, -0.2) is 17.7 Å². The summed E-state index contributed by atoms with van der Waals surface area (Å²) >= 11 is 5.70. The fourth-order valence-electron chi connectivity index (χ4n) is 2.00. The van der Waals surface area contributed by atoms with Crippen molar-refractivity contribution in [2.45, 2.75) is 0 Å². The lowest BCUT2D eigenvalue weighted by Crippen LogP contribution is -2.15. The smallest absolute Gasteiger partial charge is 0.267 e. The topological polar surface area (TPSA) is 47.3 Å². The van der Waals surface area contributed by atoms with E-state index >= 15 is 0 Å². The predicted molar refractivity (Wildman–Crippen MR) is 69.6 cm³/mol. The highest BCUT2D eigenvalue weighted by Gasteiger charge is 2.20. The third-order valence-electron chi connectivity index (χ3n) is 2.84. The zero-order chi connectivity index (χ0) is 15.1. The van der Waals surface area contributed by atoms with Crippen LogP contribution in [-0.4, -0.2) is 14.6 Å². The van der Waals surface area contributed by atoms with Crippen LogP contribution >= 0.6 is 11.6 Å². The average molecular weight is 312 g/mol. The Balaban J connectivity index is 2.46. The van der Waals surface area contributed by atoms with Gasteiger partial charge in [-0.1, -0.05) is 11.6 Å². The van der Waals surface area contributed by atoms with Crippen LogP contribution in [-0.2, 0) is 0 Å². The minimum atomic E-state index is -1.20. The van der Waals surface area contributed by atoms with Gasteiger partial charge in [0.25, 0.3) is 5.56 Å². The first-order chi connectivity index (χ1) is 9.97. The maximum absolute atomic E-state index is 13.9. The lowest BCUT2D eigenvalue weighted by molar-refractivity contribution is 0.547. The van der Waals surface area contributed by atoms with E-state index in [0.29, 0.717) is 12.1 Å². The van der Waals surface area contributed by atoms with Gasteiger partial charge in [0.1, 0.15) is 28.9 Å². The van der Waals surface area contributed by atoms with Crippen LogP contribution in [0.5, 0.6) is 0 Å². The molecule has 4 nitrogen and oxygen atoms in total. The van der Waals surface area contributed by atoms with Crippen LogP contribution in [0.15, 0.2) is 35.4 Å². The molecule has 0 saturated carbocycles. The molecular weight excluding hydrogens is 307 g/mol. The molecule has 0 aliphatic rings. The molecule has 1 aromatic carbocycles. The number of halogens is 4. The molecule has 0 amide bonds. The van der Waals surface area contributed by atoms with Gasteiger partial charge < -0.3 is 0 Å². The molecule has 0 unspecified atom stereocenters. The second-order valence-corrected chi connectivity index (χ2v) is 4.54. The molecular formula is C13H5ClF3N3O. The Bertz CT molecular complexity index is 903. The first kappa shape index (κ1) is 13.6. The van der Waals surface area contributed by atoms with Crippen molar-refractivity contribution >= 4 is 17.1 Å². The maximum Gasteiger partial charge on any atom is 0.281 e. The molecule has 2 aromatic heterocycles. The van der Waals surface area contributed by atoms with Crippen molar-refractivity contribution in [1.82, 2.24) is 14.6 Å². The van der Waals surface area contributed by atoms with Crippen LogP contribution in [0.2, 0.25) is 5.15 Å². The lowest BCUT2D eigenvalue weighted by Gasteiger charge is -2.08. The van der Waals surface area contributed by atoms with Crippen LogP contribution in [0.25, 0.3) is 16.6 Å². The SMILES string of the molecule is O=c1ncn2nc(Cl)ccc2c1-c1c(F)cc(F)cc1F. The fraction of sp³-hybridized carbons (Fsp3) is 0. The van der Waals surface area contributed by atoms with Crippen LogP contribution in [0.1, 0.15) is 0 Å². The van der Waals surface area contributed by atoms with E-state index in [9.17, 15) is 18.0 Å². The average Bonchev–Trinajstić information content (AvgIpc) is 2.40. The molecule has 3 rings (SSSR count). The third-order valence-corrected chi connectivity index (χ3v) is 3.04. The summed E-state index contributed by atoms with van der Waals surface area (Å²) in [5, 5.41) is 3.95. The summed E-state index contributed by atoms with van der Waals surface area (Å²) in [5.41, 5.74) is -1.76. The van der Waals surface area contributed by atoms with Gasteiger partial charge in [0.15, 0.2) is 0 Å². The van der Waals surface area contributed by atoms with E-state index in [4.69, 9.17) is 11.6 Å². The van der Waals surface area contributed by atoms with Crippen molar-refractivity contribution in [2.24, 2.45) is 0 Å². The molecule has 0 aliphatic carbocycles. The van der Waals surface area contributed by atoms with E-state index in [1.807, 2.05) is 0 Å². The largest absolute Gasteiger partial charge is 0.281 e. The zero-order valence-electron chi connectivity index (χ0n) is 10.1. The third kappa shape index (κ3) is 2.25. The van der Waals surface area contributed by atoms with Crippen molar-refractivity contribution in [3.8, 4) is 11.1 Å². The van der Waals surface area contributed by atoms with Crippen LogP contribution in [0.4, 0.5) is 13.2 Å². The van der Waals surface area contributed by atoms with E-state index < -0.39 is 28.6 Å². The Morgan fingerprint density at radius 3 is 2.38 bits per heavy atom. The summed E-state index contributed by atoms with van der Waals surface area (Å²) in [4.78, 5) is 15.4. The molecule has 8 heteroatoms. The maximum atomic E-state index is 13.9. The predicted octanol–water partition coefficient (Wildman–Crippen LogP) is 2.83. The monoisotopic (exact) mass is 311 g/mol. The summed E-state index contributed by atoms with van der Waals surface area (Å²) in [6.45, 7) is 0. The van der Waals surface area contributed by atoms with E-state index in [-0.39, 0.29) is 16.2 Å². The van der Waals surface area contributed by atoms with Gasteiger partial charge in [0, 0.05) is 12.1 Å². The summed E-state index contributed by atoms with van der Waals surface area (Å²) < 4.78 is 41.9. The van der Waals surface area contributed by atoms with Gasteiger partial charge in [0.2, 0.25) is 0 Å². The summed E-state index contributed by atoms with van der Waals surface area (Å²) in [7, 11) is 0. The molecule has 0 bridgehead atoms. The van der Waals surface area contributed by atoms with E-state index in [2.05, 4.69) is 10.1 Å². The van der Waals surface area contributed by atoms with E-state index in [0.717, 1.165) is 10.8 Å². The first-order valence-electron chi connectivity index (χ1n) is 5.66. The standard InChI is InChI=1S/C13H5ClF3N3O/c14-10-2-1-9-12(13(21)18-5-20(9)19-10)11-7(16)3-6(15)4-8(11)17/h1-5H. The molecule has 0 N–H and O–H groups in total. The minimum Gasteiger partial charge on any atom is -0.267 e. The summed E-state index contributed by atoms with van der Waals surface area (Å²) in [6, 6.07) is 3.71. The van der Waals surface area contributed by atoms with Crippen molar-refractivity contribution < 1.29 is 13.2 Å². The number of fused-ring (bicyclic) bond motifs is 1. The minimum absolute atomic E-state index is 0.101. The Morgan fingerprint density at radius 1 is 1.05 bits per heavy atom. The zero-order valence-corrected chi connectivity index (χ0v) is 10.9. The molecule has 2 heterocycles. The number of hydrogen-bond donors (Lipinski definition) is 0. The van der Waals surface area contributed by atoms with Crippen molar-refractivity contribution in [3.63, 3.8) is 0 Å². The van der Waals surface area contributed by atoms with Gasteiger partial charge in [-0.05, 0) is 12.1 Å². The molecule has 0 saturated heterocycles. The van der Waals surface area contributed by atoms with Crippen LogP contribution in [0.3, 0.4) is 0 Å². The highest BCUT2D eigenvalue weighted by Crippen LogP contribution is 2.27.